The summed E-state index contributed by atoms with van der Waals surface area (Å²) in [5.41, 5.74) is 5.51. The minimum atomic E-state index is -0.522. The minimum Gasteiger partial charge on any atom is -0.467 e. The Kier molecular flexibility index (Phi) is 5.22. The van der Waals surface area contributed by atoms with Crippen molar-refractivity contribution >= 4 is 5.97 Å². The van der Waals surface area contributed by atoms with Gasteiger partial charge in [0.1, 0.15) is 0 Å². The van der Waals surface area contributed by atoms with Crippen LogP contribution in [-0.2, 0) is 14.3 Å². The van der Waals surface area contributed by atoms with Gasteiger partial charge in [-0.05, 0) is 19.8 Å². The van der Waals surface area contributed by atoms with E-state index in [1.54, 1.807) is 6.92 Å². The molecule has 0 spiro atoms. The number of hydrogen-bond donors (Lipinski definition) is 1. The van der Waals surface area contributed by atoms with Gasteiger partial charge in [0, 0.05) is 6.54 Å². The number of nitrogens with two attached hydrogens (primary N) is 1. The quantitative estimate of drug-likeness (QED) is 0.587. The molecule has 1 fully saturated rings. The van der Waals surface area contributed by atoms with Gasteiger partial charge in [-0.1, -0.05) is 25.7 Å². The van der Waals surface area contributed by atoms with E-state index in [9.17, 15) is 4.79 Å². The molecule has 1 saturated carbocycles. The summed E-state index contributed by atoms with van der Waals surface area (Å²) in [7, 11) is 1.38. The molecule has 0 aliphatic heterocycles. The third kappa shape index (κ3) is 3.46. The molecule has 0 bridgehead atoms. The molecule has 0 aromatic heterocycles. The summed E-state index contributed by atoms with van der Waals surface area (Å²) < 4.78 is 10.5. The van der Waals surface area contributed by atoms with Crippen molar-refractivity contribution in [3.8, 4) is 0 Å². The van der Waals surface area contributed by atoms with E-state index >= 15 is 0 Å². The Bertz CT molecular complexity index is 222. The molecule has 1 rings (SSSR count). The van der Waals surface area contributed by atoms with Crippen LogP contribution in [0.15, 0.2) is 0 Å². The van der Waals surface area contributed by atoms with Gasteiger partial charge in [0.25, 0.3) is 0 Å². The molecule has 0 aromatic carbocycles. The van der Waals surface area contributed by atoms with E-state index < -0.39 is 6.10 Å². The van der Waals surface area contributed by atoms with Crippen molar-refractivity contribution < 1.29 is 14.3 Å². The van der Waals surface area contributed by atoms with E-state index in [0.29, 0.717) is 6.54 Å². The van der Waals surface area contributed by atoms with E-state index in [4.69, 9.17) is 10.5 Å². The number of carbonyl (C=O) groups excluding carboxylic acids is 1. The van der Waals surface area contributed by atoms with Crippen molar-refractivity contribution in [2.24, 2.45) is 5.73 Å². The molecule has 1 atom stereocenters. The predicted molar refractivity (Wildman–Crippen MR) is 62.1 cm³/mol. The molecular weight excluding hydrogens is 206 g/mol. The predicted octanol–water partition coefficient (Wildman–Crippen LogP) is 1.62. The highest BCUT2D eigenvalue weighted by Crippen LogP contribution is 2.30. The zero-order valence-corrected chi connectivity index (χ0v) is 10.3. The number of methoxy groups -OCH3 is 1. The Hall–Kier alpha value is -0.610. The van der Waals surface area contributed by atoms with Crippen molar-refractivity contribution in [3.05, 3.63) is 0 Å². The molecule has 0 amide bonds. The molecule has 0 radical (unpaired) electrons. The lowest BCUT2D eigenvalue weighted by Crippen LogP contribution is -2.44. The van der Waals surface area contributed by atoms with Gasteiger partial charge in [-0.25, -0.2) is 4.79 Å². The van der Waals surface area contributed by atoms with E-state index in [0.717, 1.165) is 25.7 Å². The molecule has 1 aliphatic rings. The normalized spacial score (nSPS) is 22.2. The summed E-state index contributed by atoms with van der Waals surface area (Å²) in [6.45, 7) is 2.21. The first-order chi connectivity index (χ1) is 7.63. The Labute approximate surface area is 97.5 Å². The van der Waals surface area contributed by atoms with Gasteiger partial charge >= 0.3 is 5.97 Å². The molecule has 94 valence electrons. The number of rotatable bonds is 4. The fourth-order valence-electron chi connectivity index (χ4n) is 2.33. The van der Waals surface area contributed by atoms with Crippen LogP contribution in [0.4, 0.5) is 0 Å². The maximum Gasteiger partial charge on any atom is 0.334 e. The van der Waals surface area contributed by atoms with Gasteiger partial charge in [-0.2, -0.15) is 0 Å². The summed E-state index contributed by atoms with van der Waals surface area (Å²) in [5.74, 6) is -0.322. The molecule has 16 heavy (non-hydrogen) atoms. The van der Waals surface area contributed by atoms with Gasteiger partial charge in [0.15, 0.2) is 6.10 Å². The molecule has 4 heteroatoms. The molecule has 4 nitrogen and oxygen atoms in total. The molecule has 0 saturated heterocycles. The average molecular weight is 229 g/mol. The highest BCUT2D eigenvalue weighted by molar-refractivity contribution is 5.74. The van der Waals surface area contributed by atoms with Gasteiger partial charge in [-0.15, -0.1) is 0 Å². The van der Waals surface area contributed by atoms with Crippen LogP contribution in [0.1, 0.15) is 45.4 Å². The number of ether oxygens (including phenoxy) is 2. The Morgan fingerprint density at radius 3 is 2.31 bits per heavy atom. The Balaban J connectivity index is 2.60. The fraction of sp³-hybridized carbons (Fsp3) is 0.917. The van der Waals surface area contributed by atoms with Crippen LogP contribution in [0.25, 0.3) is 0 Å². The van der Waals surface area contributed by atoms with E-state index in [2.05, 4.69) is 4.74 Å². The first kappa shape index (κ1) is 13.5. The van der Waals surface area contributed by atoms with Crippen molar-refractivity contribution in [1.29, 1.82) is 0 Å². The van der Waals surface area contributed by atoms with E-state index in [1.165, 1.54) is 20.0 Å². The van der Waals surface area contributed by atoms with Crippen LogP contribution in [0.3, 0.4) is 0 Å². The highest BCUT2D eigenvalue weighted by Gasteiger charge is 2.34. The third-order valence-electron chi connectivity index (χ3n) is 3.35. The molecule has 0 aromatic rings. The molecular formula is C12H23NO3. The van der Waals surface area contributed by atoms with Crippen molar-refractivity contribution in [2.75, 3.05) is 13.7 Å². The van der Waals surface area contributed by atoms with Crippen LogP contribution in [0, 0.1) is 0 Å². The zero-order valence-electron chi connectivity index (χ0n) is 10.3. The van der Waals surface area contributed by atoms with E-state index in [-0.39, 0.29) is 11.6 Å². The first-order valence-corrected chi connectivity index (χ1v) is 6.09. The summed E-state index contributed by atoms with van der Waals surface area (Å²) in [4.78, 5) is 11.3. The summed E-state index contributed by atoms with van der Waals surface area (Å²) in [5, 5.41) is 0. The first-order valence-electron chi connectivity index (χ1n) is 6.09. The lowest BCUT2D eigenvalue weighted by molar-refractivity contribution is -0.166. The lowest BCUT2D eigenvalue weighted by Gasteiger charge is -2.33. The molecule has 1 aliphatic carbocycles. The van der Waals surface area contributed by atoms with Crippen molar-refractivity contribution in [1.82, 2.24) is 0 Å². The monoisotopic (exact) mass is 229 g/mol. The Morgan fingerprint density at radius 2 is 1.88 bits per heavy atom. The minimum absolute atomic E-state index is 0.315. The smallest absolute Gasteiger partial charge is 0.334 e. The molecule has 0 heterocycles. The van der Waals surface area contributed by atoms with Crippen molar-refractivity contribution in [2.45, 2.75) is 57.2 Å². The van der Waals surface area contributed by atoms with Gasteiger partial charge in [-0.3, -0.25) is 0 Å². The number of carbonyl (C=O) groups is 1. The van der Waals surface area contributed by atoms with Crippen LogP contribution in [0.2, 0.25) is 0 Å². The number of hydrogen-bond acceptors (Lipinski definition) is 4. The van der Waals surface area contributed by atoms with Gasteiger partial charge < -0.3 is 15.2 Å². The van der Waals surface area contributed by atoms with Crippen LogP contribution >= 0.6 is 0 Å². The summed E-state index contributed by atoms with van der Waals surface area (Å²) >= 11 is 0. The number of esters is 1. The zero-order chi connectivity index (χ0) is 12.0. The molecule has 2 N–H and O–H groups in total. The second-order valence-electron chi connectivity index (χ2n) is 4.58. The van der Waals surface area contributed by atoms with Crippen LogP contribution in [-0.4, -0.2) is 31.3 Å². The Morgan fingerprint density at radius 1 is 1.31 bits per heavy atom. The van der Waals surface area contributed by atoms with Crippen molar-refractivity contribution in [3.63, 3.8) is 0 Å². The van der Waals surface area contributed by atoms with Crippen LogP contribution < -0.4 is 5.73 Å². The molecule has 1 unspecified atom stereocenters. The van der Waals surface area contributed by atoms with E-state index in [1.807, 2.05) is 0 Å². The maximum atomic E-state index is 11.3. The maximum absolute atomic E-state index is 11.3. The lowest BCUT2D eigenvalue weighted by atomic mass is 9.94. The standard InChI is InChI=1S/C12H23NO3/c1-10(11(14)15-2)16-12(9-13)7-5-3-4-6-8-12/h10H,3-9,13H2,1-2H3. The second-order valence-corrected chi connectivity index (χ2v) is 4.58. The topological polar surface area (TPSA) is 61.5 Å². The fourth-order valence-corrected chi connectivity index (χ4v) is 2.33. The SMILES string of the molecule is COC(=O)C(C)OC1(CN)CCCCCC1. The van der Waals surface area contributed by atoms with Crippen LogP contribution in [0.5, 0.6) is 0 Å². The summed E-state index contributed by atoms with van der Waals surface area (Å²) in [6, 6.07) is 0. The van der Waals surface area contributed by atoms with Gasteiger partial charge in [0.2, 0.25) is 0 Å². The third-order valence-corrected chi connectivity index (χ3v) is 3.35. The second kappa shape index (κ2) is 6.21. The van der Waals surface area contributed by atoms with Gasteiger partial charge in [0.05, 0.1) is 12.7 Å². The largest absolute Gasteiger partial charge is 0.467 e. The summed E-state index contributed by atoms with van der Waals surface area (Å²) in [6.07, 6.45) is 6.10. The highest BCUT2D eigenvalue weighted by atomic mass is 16.6. The average Bonchev–Trinajstić information content (AvgIpc) is 2.54.